The van der Waals surface area contributed by atoms with E-state index in [9.17, 15) is 9.90 Å². The van der Waals surface area contributed by atoms with E-state index in [-0.39, 0.29) is 18.1 Å². The van der Waals surface area contributed by atoms with E-state index in [1.165, 1.54) is 0 Å². The molecule has 0 bridgehead atoms. The third-order valence-electron chi connectivity index (χ3n) is 2.12. The fraction of sp³-hybridized carbons (Fsp3) is 0.875. The molecule has 1 fully saturated rings. The monoisotopic (exact) mass is 158 g/mol. The predicted molar refractivity (Wildman–Crippen MR) is 40.2 cm³/mol. The van der Waals surface area contributed by atoms with Crippen LogP contribution < -0.4 is 0 Å². The molecule has 0 aliphatic carbocycles. The first-order valence-electron chi connectivity index (χ1n) is 3.94. The molecule has 0 radical (unpaired) electrons. The molecule has 1 aliphatic heterocycles. The molecule has 0 aromatic carbocycles. The minimum Gasteiger partial charge on any atom is -0.391 e. The molecule has 0 amide bonds. The number of carbonyl (C=O) groups excluding carboxylic acids is 1. The molecule has 11 heavy (non-hydrogen) atoms. The SMILES string of the molecule is C[C@@H](O)[C@H]1O[C@H](C=O)C[C@@H]1C. The minimum absolute atomic E-state index is 0.162. The number of aliphatic hydroxyl groups excluding tert-OH is 1. The third kappa shape index (κ3) is 1.79. The number of rotatable bonds is 2. The summed E-state index contributed by atoms with van der Waals surface area (Å²) < 4.78 is 5.27. The van der Waals surface area contributed by atoms with Crippen LogP contribution in [0.3, 0.4) is 0 Å². The van der Waals surface area contributed by atoms with Crippen molar-refractivity contribution in [1.29, 1.82) is 0 Å². The highest BCUT2D eigenvalue weighted by Crippen LogP contribution is 2.26. The summed E-state index contributed by atoms with van der Waals surface area (Å²) in [5.74, 6) is 0.283. The van der Waals surface area contributed by atoms with E-state index in [0.29, 0.717) is 0 Å². The van der Waals surface area contributed by atoms with Crippen molar-refractivity contribution in [3.8, 4) is 0 Å². The lowest BCUT2D eigenvalue weighted by Crippen LogP contribution is -2.27. The van der Waals surface area contributed by atoms with Crippen LogP contribution in [0, 0.1) is 5.92 Å². The van der Waals surface area contributed by atoms with Crippen LogP contribution in [0.2, 0.25) is 0 Å². The molecular formula is C8H14O3. The fourth-order valence-corrected chi connectivity index (χ4v) is 1.57. The van der Waals surface area contributed by atoms with Gasteiger partial charge in [-0.15, -0.1) is 0 Å². The van der Waals surface area contributed by atoms with Crippen LogP contribution in [0.1, 0.15) is 20.3 Å². The van der Waals surface area contributed by atoms with Crippen LogP contribution in [-0.2, 0) is 9.53 Å². The molecule has 3 nitrogen and oxygen atoms in total. The Balaban J connectivity index is 2.51. The molecular weight excluding hydrogens is 144 g/mol. The van der Waals surface area contributed by atoms with Gasteiger partial charge in [-0.3, -0.25) is 0 Å². The number of carbonyl (C=O) groups is 1. The van der Waals surface area contributed by atoms with Gasteiger partial charge in [0, 0.05) is 0 Å². The van der Waals surface area contributed by atoms with Crippen LogP contribution in [0.25, 0.3) is 0 Å². The Bertz CT molecular complexity index is 144. The summed E-state index contributed by atoms with van der Waals surface area (Å²) in [5.41, 5.74) is 0. The normalized spacial score (nSPS) is 40.5. The molecule has 1 aliphatic rings. The van der Waals surface area contributed by atoms with E-state index in [1.54, 1.807) is 6.92 Å². The van der Waals surface area contributed by atoms with E-state index in [2.05, 4.69) is 0 Å². The highest BCUT2D eigenvalue weighted by Gasteiger charge is 2.34. The van der Waals surface area contributed by atoms with Gasteiger partial charge in [0.1, 0.15) is 12.4 Å². The van der Waals surface area contributed by atoms with E-state index in [0.717, 1.165) is 12.7 Å². The topological polar surface area (TPSA) is 46.5 Å². The molecule has 1 rings (SSSR count). The number of aliphatic hydroxyl groups is 1. The van der Waals surface area contributed by atoms with Crippen molar-refractivity contribution in [1.82, 2.24) is 0 Å². The molecule has 0 spiro atoms. The van der Waals surface area contributed by atoms with Gasteiger partial charge in [0.25, 0.3) is 0 Å². The van der Waals surface area contributed by atoms with Gasteiger partial charge in [-0.1, -0.05) is 6.92 Å². The van der Waals surface area contributed by atoms with Gasteiger partial charge < -0.3 is 14.6 Å². The lowest BCUT2D eigenvalue weighted by molar-refractivity contribution is -0.120. The molecule has 64 valence electrons. The fourth-order valence-electron chi connectivity index (χ4n) is 1.57. The largest absolute Gasteiger partial charge is 0.391 e. The number of hydrogen-bond acceptors (Lipinski definition) is 3. The van der Waals surface area contributed by atoms with Crippen molar-refractivity contribution in [2.75, 3.05) is 0 Å². The Kier molecular flexibility index (Phi) is 2.62. The minimum atomic E-state index is -0.477. The Labute approximate surface area is 66.4 Å². The maximum Gasteiger partial charge on any atom is 0.148 e. The van der Waals surface area contributed by atoms with Gasteiger partial charge in [-0.25, -0.2) is 0 Å². The third-order valence-corrected chi connectivity index (χ3v) is 2.12. The quantitative estimate of drug-likeness (QED) is 0.590. The van der Waals surface area contributed by atoms with Crippen LogP contribution in [-0.4, -0.2) is 29.7 Å². The second-order valence-electron chi connectivity index (χ2n) is 3.23. The molecule has 1 heterocycles. The Morgan fingerprint density at radius 2 is 2.36 bits per heavy atom. The van der Waals surface area contributed by atoms with Crippen molar-refractivity contribution in [3.05, 3.63) is 0 Å². The maximum atomic E-state index is 10.3. The number of aldehydes is 1. The van der Waals surface area contributed by atoms with Crippen LogP contribution >= 0.6 is 0 Å². The second kappa shape index (κ2) is 3.32. The van der Waals surface area contributed by atoms with Crippen LogP contribution in [0.4, 0.5) is 0 Å². The smallest absolute Gasteiger partial charge is 0.148 e. The summed E-state index contributed by atoms with van der Waals surface area (Å²) in [7, 11) is 0. The Morgan fingerprint density at radius 3 is 2.64 bits per heavy atom. The predicted octanol–water partition coefficient (Wildman–Crippen LogP) is 0.360. The average molecular weight is 158 g/mol. The lowest BCUT2D eigenvalue weighted by Gasteiger charge is -2.17. The van der Waals surface area contributed by atoms with Gasteiger partial charge in [-0.2, -0.15) is 0 Å². The van der Waals surface area contributed by atoms with E-state index in [1.807, 2.05) is 6.92 Å². The molecule has 1 N–H and O–H groups in total. The summed E-state index contributed by atoms with van der Waals surface area (Å²) in [6.45, 7) is 3.68. The first kappa shape index (κ1) is 8.68. The zero-order valence-corrected chi connectivity index (χ0v) is 6.86. The van der Waals surface area contributed by atoms with Crippen molar-refractivity contribution < 1.29 is 14.6 Å². The van der Waals surface area contributed by atoms with Gasteiger partial charge in [0.15, 0.2) is 0 Å². The Morgan fingerprint density at radius 1 is 1.73 bits per heavy atom. The zero-order chi connectivity index (χ0) is 8.43. The Hall–Kier alpha value is -0.410. The molecule has 1 saturated heterocycles. The molecule has 4 atom stereocenters. The number of hydrogen-bond donors (Lipinski definition) is 1. The summed E-state index contributed by atoms with van der Waals surface area (Å²) in [6, 6.07) is 0. The average Bonchev–Trinajstić information content (AvgIpc) is 2.30. The van der Waals surface area contributed by atoms with Crippen molar-refractivity contribution in [3.63, 3.8) is 0 Å². The molecule has 0 saturated carbocycles. The van der Waals surface area contributed by atoms with E-state index >= 15 is 0 Å². The van der Waals surface area contributed by atoms with Gasteiger partial charge >= 0.3 is 0 Å². The van der Waals surface area contributed by atoms with Crippen molar-refractivity contribution >= 4 is 6.29 Å². The summed E-state index contributed by atoms with van der Waals surface area (Å²) in [5, 5.41) is 9.19. The highest BCUT2D eigenvalue weighted by molar-refractivity contribution is 5.56. The number of ether oxygens (including phenoxy) is 1. The summed E-state index contributed by atoms with van der Waals surface area (Å²) >= 11 is 0. The maximum absolute atomic E-state index is 10.3. The molecule has 0 aromatic heterocycles. The van der Waals surface area contributed by atoms with Crippen molar-refractivity contribution in [2.24, 2.45) is 5.92 Å². The van der Waals surface area contributed by atoms with Gasteiger partial charge in [-0.05, 0) is 19.3 Å². The van der Waals surface area contributed by atoms with Crippen molar-refractivity contribution in [2.45, 2.75) is 38.6 Å². The van der Waals surface area contributed by atoms with E-state index < -0.39 is 6.10 Å². The molecule has 0 unspecified atom stereocenters. The van der Waals surface area contributed by atoms with Crippen LogP contribution in [0.5, 0.6) is 0 Å². The first-order chi connectivity index (χ1) is 5.15. The lowest BCUT2D eigenvalue weighted by atomic mass is 9.99. The standard InChI is InChI=1S/C8H14O3/c1-5-3-7(4-9)11-8(5)6(2)10/h4-8,10H,3H2,1-2H3/t5-,6+,7-,8-/m0/s1. The van der Waals surface area contributed by atoms with Gasteiger partial charge in [0.05, 0.1) is 12.2 Å². The van der Waals surface area contributed by atoms with Gasteiger partial charge in [0.2, 0.25) is 0 Å². The summed E-state index contributed by atoms with van der Waals surface area (Å²) in [4.78, 5) is 10.3. The van der Waals surface area contributed by atoms with Crippen LogP contribution in [0.15, 0.2) is 0 Å². The molecule has 0 aromatic rings. The van der Waals surface area contributed by atoms with E-state index in [4.69, 9.17) is 4.74 Å². The highest BCUT2D eigenvalue weighted by atomic mass is 16.5. The first-order valence-corrected chi connectivity index (χ1v) is 3.94. The molecule has 3 heteroatoms. The second-order valence-corrected chi connectivity index (χ2v) is 3.23. The summed E-state index contributed by atoms with van der Waals surface area (Å²) in [6.07, 6.45) is 0.600. The zero-order valence-electron chi connectivity index (χ0n) is 6.86.